The number of benzene rings is 2. The maximum atomic E-state index is 12.0. The Hall–Kier alpha value is -2.34. The summed E-state index contributed by atoms with van der Waals surface area (Å²) >= 11 is 0. The van der Waals surface area contributed by atoms with Gasteiger partial charge in [-0.2, -0.15) is 0 Å². The third kappa shape index (κ3) is 7.27. The van der Waals surface area contributed by atoms with Gasteiger partial charge in [-0.05, 0) is 42.0 Å². The Morgan fingerprint density at radius 2 is 1.69 bits per heavy atom. The Balaban J connectivity index is 1.69. The number of carbonyl (C=O) groups excluding carboxylic acids is 1. The van der Waals surface area contributed by atoms with Crippen molar-refractivity contribution >= 4 is 21.6 Å². The number of rotatable bonds is 9. The first-order valence-corrected chi connectivity index (χ1v) is 10.6. The van der Waals surface area contributed by atoms with E-state index in [-0.39, 0.29) is 11.8 Å². The summed E-state index contributed by atoms with van der Waals surface area (Å²) in [7, 11) is -3.25. The fraction of sp³-hybridized carbons (Fsp3) is 0.350. The van der Waals surface area contributed by atoms with Crippen molar-refractivity contribution in [3.05, 3.63) is 65.7 Å². The number of anilines is 1. The van der Waals surface area contributed by atoms with Gasteiger partial charge in [0.1, 0.15) is 0 Å². The van der Waals surface area contributed by atoms with Gasteiger partial charge in [-0.1, -0.05) is 49.4 Å². The van der Waals surface area contributed by atoms with Crippen LogP contribution in [0.4, 0.5) is 5.69 Å². The van der Waals surface area contributed by atoms with Gasteiger partial charge < -0.3 is 5.32 Å². The van der Waals surface area contributed by atoms with E-state index in [1.54, 1.807) is 12.1 Å². The second kappa shape index (κ2) is 9.38. The van der Waals surface area contributed by atoms with E-state index in [1.807, 2.05) is 42.5 Å². The lowest BCUT2D eigenvalue weighted by Gasteiger charge is -2.12. The van der Waals surface area contributed by atoms with Crippen LogP contribution >= 0.6 is 0 Å². The minimum atomic E-state index is -3.25. The van der Waals surface area contributed by atoms with Crippen LogP contribution in [0.3, 0.4) is 0 Å². The maximum absolute atomic E-state index is 12.0. The molecule has 1 amide bonds. The van der Waals surface area contributed by atoms with Crippen LogP contribution in [0.1, 0.15) is 36.8 Å². The van der Waals surface area contributed by atoms with Crippen LogP contribution in [-0.2, 0) is 21.2 Å². The van der Waals surface area contributed by atoms with Crippen molar-refractivity contribution in [2.24, 2.45) is 0 Å². The predicted molar refractivity (Wildman–Crippen MR) is 106 cm³/mol. The van der Waals surface area contributed by atoms with Crippen molar-refractivity contribution in [3.8, 4) is 0 Å². The molecule has 0 heterocycles. The average Bonchev–Trinajstić information content (AvgIpc) is 2.59. The molecule has 2 aromatic rings. The minimum absolute atomic E-state index is 0.0639. The monoisotopic (exact) mass is 374 g/mol. The molecule has 0 bridgehead atoms. The highest BCUT2D eigenvalue weighted by Gasteiger charge is 2.10. The molecule has 6 heteroatoms. The molecule has 0 aromatic heterocycles. The van der Waals surface area contributed by atoms with E-state index < -0.39 is 10.0 Å². The highest BCUT2D eigenvalue weighted by atomic mass is 32.2. The molecule has 2 N–H and O–H groups in total. The number of nitrogens with one attached hydrogen (secondary N) is 2. The molecule has 0 aliphatic heterocycles. The van der Waals surface area contributed by atoms with Gasteiger partial charge in [0.2, 0.25) is 15.9 Å². The summed E-state index contributed by atoms with van der Waals surface area (Å²) in [5.41, 5.74) is 2.83. The molecule has 0 saturated heterocycles. The third-order valence-corrected chi connectivity index (χ3v) is 4.69. The van der Waals surface area contributed by atoms with E-state index >= 15 is 0 Å². The summed E-state index contributed by atoms with van der Waals surface area (Å²) in [6.07, 6.45) is 3.27. The molecule has 0 aliphatic carbocycles. The molecular formula is C20H26N2O3S. The Bertz CT molecular complexity index is 803. The van der Waals surface area contributed by atoms with Gasteiger partial charge >= 0.3 is 0 Å². The molecule has 1 unspecified atom stereocenters. The Morgan fingerprint density at radius 1 is 1.04 bits per heavy atom. The van der Waals surface area contributed by atoms with Crippen LogP contribution in [0.5, 0.6) is 0 Å². The molecule has 2 rings (SSSR count). The first kappa shape index (κ1) is 20.0. The molecule has 140 valence electrons. The summed E-state index contributed by atoms with van der Waals surface area (Å²) in [5.74, 6) is 0.264. The number of carbonyl (C=O) groups is 1. The number of amides is 1. The second-order valence-corrected chi connectivity index (χ2v) is 8.29. The van der Waals surface area contributed by atoms with Crippen molar-refractivity contribution in [2.75, 3.05) is 17.5 Å². The summed E-state index contributed by atoms with van der Waals surface area (Å²) in [5, 5.41) is 2.97. The lowest BCUT2D eigenvalue weighted by molar-refractivity contribution is -0.121. The lowest BCUT2D eigenvalue weighted by Crippen LogP contribution is -2.25. The van der Waals surface area contributed by atoms with E-state index in [4.69, 9.17) is 0 Å². The topological polar surface area (TPSA) is 75.3 Å². The first-order chi connectivity index (χ1) is 12.3. The van der Waals surface area contributed by atoms with Gasteiger partial charge in [0, 0.05) is 18.7 Å². The molecule has 26 heavy (non-hydrogen) atoms. The van der Waals surface area contributed by atoms with Gasteiger partial charge in [0.05, 0.1) is 6.26 Å². The van der Waals surface area contributed by atoms with Gasteiger partial charge in [0.25, 0.3) is 0 Å². The molecular weight excluding hydrogens is 348 g/mol. The zero-order valence-corrected chi connectivity index (χ0v) is 16.1. The Labute approximate surface area is 155 Å². The smallest absolute Gasteiger partial charge is 0.229 e. The van der Waals surface area contributed by atoms with E-state index in [1.165, 1.54) is 5.56 Å². The Morgan fingerprint density at radius 3 is 2.31 bits per heavy atom. The van der Waals surface area contributed by atoms with E-state index in [0.717, 1.165) is 24.7 Å². The number of hydrogen-bond acceptors (Lipinski definition) is 3. The molecule has 0 fully saturated rings. The van der Waals surface area contributed by atoms with Crippen molar-refractivity contribution < 1.29 is 13.2 Å². The second-order valence-electron chi connectivity index (χ2n) is 6.54. The molecule has 0 spiro atoms. The Kier molecular flexibility index (Phi) is 7.21. The number of aryl methyl sites for hydroxylation is 1. The first-order valence-electron chi connectivity index (χ1n) is 8.72. The van der Waals surface area contributed by atoms with Crippen molar-refractivity contribution in [3.63, 3.8) is 0 Å². The van der Waals surface area contributed by atoms with Crippen LogP contribution in [-0.4, -0.2) is 27.1 Å². The SMILES string of the molecule is CC(CC(=O)NCCCc1ccc(NS(C)(=O)=O)cc1)c1ccccc1. The zero-order chi connectivity index (χ0) is 19.0. The lowest BCUT2D eigenvalue weighted by atomic mass is 9.97. The van der Waals surface area contributed by atoms with Crippen LogP contribution < -0.4 is 10.0 Å². The van der Waals surface area contributed by atoms with E-state index in [0.29, 0.717) is 18.7 Å². The largest absolute Gasteiger partial charge is 0.356 e. The molecule has 0 saturated carbocycles. The molecule has 0 radical (unpaired) electrons. The number of hydrogen-bond donors (Lipinski definition) is 2. The quantitative estimate of drug-likeness (QED) is 0.661. The summed E-state index contributed by atoms with van der Waals surface area (Å²) in [4.78, 5) is 12.0. The van der Waals surface area contributed by atoms with Gasteiger partial charge in [-0.3, -0.25) is 9.52 Å². The maximum Gasteiger partial charge on any atom is 0.229 e. The fourth-order valence-electron chi connectivity index (χ4n) is 2.72. The van der Waals surface area contributed by atoms with Gasteiger partial charge in [-0.25, -0.2) is 8.42 Å². The van der Waals surface area contributed by atoms with Gasteiger partial charge in [-0.15, -0.1) is 0 Å². The van der Waals surface area contributed by atoms with E-state index in [9.17, 15) is 13.2 Å². The molecule has 5 nitrogen and oxygen atoms in total. The third-order valence-electron chi connectivity index (χ3n) is 4.08. The molecule has 0 aliphatic rings. The van der Waals surface area contributed by atoms with Crippen LogP contribution in [0, 0.1) is 0 Å². The van der Waals surface area contributed by atoms with Crippen LogP contribution in [0.2, 0.25) is 0 Å². The zero-order valence-electron chi connectivity index (χ0n) is 15.2. The van der Waals surface area contributed by atoms with Crippen molar-refractivity contribution in [1.82, 2.24) is 5.32 Å². The summed E-state index contributed by atoms with van der Waals surface area (Å²) in [6, 6.07) is 17.3. The van der Waals surface area contributed by atoms with Crippen LogP contribution in [0.15, 0.2) is 54.6 Å². The van der Waals surface area contributed by atoms with Crippen LogP contribution in [0.25, 0.3) is 0 Å². The molecule has 1 atom stereocenters. The predicted octanol–water partition coefficient (Wildman–Crippen LogP) is 3.30. The van der Waals surface area contributed by atoms with E-state index in [2.05, 4.69) is 17.0 Å². The van der Waals surface area contributed by atoms with Crippen molar-refractivity contribution in [2.45, 2.75) is 32.1 Å². The standard InChI is InChI=1S/C20H26N2O3S/c1-16(18-8-4-3-5-9-18)15-20(23)21-14-6-7-17-10-12-19(13-11-17)22-26(2,24)25/h3-5,8-13,16,22H,6-7,14-15H2,1-2H3,(H,21,23). The summed E-state index contributed by atoms with van der Waals surface area (Å²) in [6.45, 7) is 2.69. The summed E-state index contributed by atoms with van der Waals surface area (Å²) < 4.78 is 24.8. The van der Waals surface area contributed by atoms with Crippen molar-refractivity contribution in [1.29, 1.82) is 0 Å². The normalized spacial score (nSPS) is 12.4. The highest BCUT2D eigenvalue weighted by molar-refractivity contribution is 7.92. The number of sulfonamides is 1. The molecule has 2 aromatic carbocycles. The average molecular weight is 375 g/mol. The highest BCUT2D eigenvalue weighted by Crippen LogP contribution is 2.18. The van der Waals surface area contributed by atoms with Gasteiger partial charge in [0.15, 0.2) is 0 Å². The minimum Gasteiger partial charge on any atom is -0.356 e. The fourth-order valence-corrected chi connectivity index (χ4v) is 3.29.